The van der Waals surface area contributed by atoms with Gasteiger partial charge in [0.25, 0.3) is 5.69 Å². The lowest BCUT2D eigenvalue weighted by Crippen LogP contribution is -2.01. The standard InChI is InChI=1S/C12H11ClN2O4/c1-18-11-4-2-8(15(16)17)6-10(11)14-7-9-3-5-12(13)19-9/h2-6,14H,7H2,1H3. The van der Waals surface area contributed by atoms with E-state index in [1.165, 1.54) is 25.3 Å². The molecule has 1 heterocycles. The summed E-state index contributed by atoms with van der Waals surface area (Å²) in [5.74, 6) is 1.14. The Morgan fingerprint density at radius 2 is 2.21 bits per heavy atom. The molecule has 6 nitrogen and oxygen atoms in total. The number of hydrogen-bond acceptors (Lipinski definition) is 5. The Balaban J connectivity index is 2.17. The molecule has 0 amide bonds. The second-order valence-corrected chi connectivity index (χ2v) is 4.07. The maximum atomic E-state index is 10.7. The number of furan rings is 1. The molecule has 0 aliphatic heterocycles. The SMILES string of the molecule is COc1ccc([N+](=O)[O-])cc1NCc1ccc(Cl)o1. The Kier molecular flexibility index (Phi) is 3.91. The predicted molar refractivity (Wildman–Crippen MR) is 70.7 cm³/mol. The molecule has 7 heteroatoms. The van der Waals surface area contributed by atoms with Gasteiger partial charge >= 0.3 is 0 Å². The molecule has 2 aromatic rings. The summed E-state index contributed by atoms with van der Waals surface area (Å²) in [5.41, 5.74) is 0.505. The van der Waals surface area contributed by atoms with E-state index in [0.29, 0.717) is 29.0 Å². The quantitative estimate of drug-likeness (QED) is 0.671. The molecule has 0 unspecified atom stereocenters. The highest BCUT2D eigenvalue weighted by Crippen LogP contribution is 2.29. The molecule has 0 fully saturated rings. The minimum Gasteiger partial charge on any atom is -0.495 e. The summed E-state index contributed by atoms with van der Waals surface area (Å²) in [7, 11) is 1.50. The van der Waals surface area contributed by atoms with E-state index in [9.17, 15) is 10.1 Å². The van der Waals surface area contributed by atoms with Crippen molar-refractivity contribution >= 4 is 23.0 Å². The van der Waals surface area contributed by atoms with Gasteiger partial charge in [-0.15, -0.1) is 0 Å². The van der Waals surface area contributed by atoms with E-state index < -0.39 is 4.92 Å². The smallest absolute Gasteiger partial charge is 0.271 e. The number of ether oxygens (including phenoxy) is 1. The zero-order chi connectivity index (χ0) is 13.8. The van der Waals surface area contributed by atoms with Gasteiger partial charge in [0.05, 0.1) is 24.3 Å². The summed E-state index contributed by atoms with van der Waals surface area (Å²) < 4.78 is 10.3. The first-order chi connectivity index (χ1) is 9.10. The van der Waals surface area contributed by atoms with Crippen LogP contribution in [0, 0.1) is 10.1 Å². The van der Waals surface area contributed by atoms with Crippen molar-refractivity contribution in [2.75, 3.05) is 12.4 Å². The number of nitro groups is 1. The summed E-state index contributed by atoms with van der Waals surface area (Å²) in [6, 6.07) is 7.68. The highest BCUT2D eigenvalue weighted by atomic mass is 35.5. The van der Waals surface area contributed by atoms with Crippen LogP contribution in [-0.4, -0.2) is 12.0 Å². The fourth-order valence-corrected chi connectivity index (χ4v) is 1.74. The van der Waals surface area contributed by atoms with Crippen LogP contribution in [0.15, 0.2) is 34.7 Å². The second-order valence-electron chi connectivity index (χ2n) is 3.70. The molecular formula is C12H11ClN2O4. The Morgan fingerprint density at radius 1 is 1.42 bits per heavy atom. The Morgan fingerprint density at radius 3 is 2.79 bits per heavy atom. The average Bonchev–Trinajstić information content (AvgIpc) is 2.81. The van der Waals surface area contributed by atoms with E-state index in [2.05, 4.69) is 5.32 Å². The third kappa shape index (κ3) is 3.17. The van der Waals surface area contributed by atoms with E-state index in [0.717, 1.165) is 0 Å². The van der Waals surface area contributed by atoms with Crippen LogP contribution < -0.4 is 10.1 Å². The Bertz CT molecular complexity index is 597. The highest BCUT2D eigenvalue weighted by molar-refractivity contribution is 6.28. The van der Waals surface area contributed by atoms with Crippen molar-refractivity contribution in [2.45, 2.75) is 6.54 Å². The van der Waals surface area contributed by atoms with E-state index >= 15 is 0 Å². The van der Waals surface area contributed by atoms with E-state index in [-0.39, 0.29) is 5.69 Å². The molecule has 0 saturated heterocycles. The number of halogens is 1. The first-order valence-corrected chi connectivity index (χ1v) is 5.78. The number of benzene rings is 1. The van der Waals surface area contributed by atoms with Crippen LogP contribution in [0.4, 0.5) is 11.4 Å². The van der Waals surface area contributed by atoms with Crippen molar-refractivity contribution in [1.82, 2.24) is 0 Å². The van der Waals surface area contributed by atoms with Crippen LogP contribution in [0.3, 0.4) is 0 Å². The first kappa shape index (κ1) is 13.2. The van der Waals surface area contributed by atoms with Crippen molar-refractivity contribution < 1.29 is 14.1 Å². The summed E-state index contributed by atoms with van der Waals surface area (Å²) in [4.78, 5) is 10.3. The molecule has 1 aromatic carbocycles. The monoisotopic (exact) mass is 282 g/mol. The lowest BCUT2D eigenvalue weighted by Gasteiger charge is -2.09. The number of nitrogens with zero attached hydrogens (tertiary/aromatic N) is 1. The third-order valence-corrected chi connectivity index (χ3v) is 2.68. The molecule has 0 radical (unpaired) electrons. The largest absolute Gasteiger partial charge is 0.495 e. The Labute approximate surface area is 114 Å². The topological polar surface area (TPSA) is 77.5 Å². The highest BCUT2D eigenvalue weighted by Gasteiger charge is 2.11. The molecule has 0 aliphatic rings. The lowest BCUT2D eigenvalue weighted by atomic mass is 10.2. The summed E-state index contributed by atoms with van der Waals surface area (Å²) in [6.45, 7) is 0.351. The summed E-state index contributed by atoms with van der Waals surface area (Å²) in [6.07, 6.45) is 0. The maximum absolute atomic E-state index is 10.7. The first-order valence-electron chi connectivity index (χ1n) is 5.40. The molecule has 0 atom stereocenters. The van der Waals surface area contributed by atoms with E-state index in [4.69, 9.17) is 20.8 Å². The molecule has 0 saturated carbocycles. The molecule has 100 valence electrons. The average molecular weight is 283 g/mol. The number of nitro benzene ring substituents is 1. The van der Waals surface area contributed by atoms with Gasteiger partial charge in [-0.05, 0) is 29.8 Å². The van der Waals surface area contributed by atoms with Gasteiger partial charge in [-0.3, -0.25) is 10.1 Å². The summed E-state index contributed by atoms with van der Waals surface area (Å²) in [5, 5.41) is 14.0. The van der Waals surface area contributed by atoms with Crippen LogP contribution >= 0.6 is 11.6 Å². The fraction of sp³-hybridized carbons (Fsp3) is 0.167. The van der Waals surface area contributed by atoms with Crippen molar-refractivity contribution in [2.24, 2.45) is 0 Å². The van der Waals surface area contributed by atoms with Crippen LogP contribution in [0.1, 0.15) is 5.76 Å². The van der Waals surface area contributed by atoms with Crippen LogP contribution in [-0.2, 0) is 6.54 Å². The normalized spacial score (nSPS) is 10.2. The number of anilines is 1. The van der Waals surface area contributed by atoms with Crippen molar-refractivity contribution in [1.29, 1.82) is 0 Å². The number of nitrogens with one attached hydrogen (secondary N) is 1. The van der Waals surface area contributed by atoms with Gasteiger partial charge in [0.2, 0.25) is 0 Å². The van der Waals surface area contributed by atoms with Gasteiger partial charge in [0.15, 0.2) is 5.22 Å². The molecule has 1 aromatic heterocycles. The van der Waals surface area contributed by atoms with Gasteiger partial charge in [0, 0.05) is 12.1 Å². The van der Waals surface area contributed by atoms with Crippen molar-refractivity contribution in [3.63, 3.8) is 0 Å². The maximum Gasteiger partial charge on any atom is 0.271 e. The van der Waals surface area contributed by atoms with Gasteiger partial charge < -0.3 is 14.5 Å². The molecule has 0 aliphatic carbocycles. The number of rotatable bonds is 5. The molecule has 2 rings (SSSR count). The van der Waals surface area contributed by atoms with Crippen molar-refractivity contribution in [3.05, 3.63) is 51.4 Å². The van der Waals surface area contributed by atoms with Crippen LogP contribution in [0.5, 0.6) is 5.75 Å². The predicted octanol–water partition coefficient (Wildman–Crippen LogP) is 3.46. The van der Waals surface area contributed by atoms with E-state index in [1.807, 2.05) is 0 Å². The van der Waals surface area contributed by atoms with E-state index in [1.54, 1.807) is 12.1 Å². The number of methoxy groups -OCH3 is 1. The minimum atomic E-state index is -0.464. The second kappa shape index (κ2) is 5.62. The fourth-order valence-electron chi connectivity index (χ4n) is 1.58. The van der Waals surface area contributed by atoms with Crippen molar-refractivity contribution in [3.8, 4) is 5.75 Å². The van der Waals surface area contributed by atoms with Gasteiger partial charge in [-0.2, -0.15) is 0 Å². The van der Waals surface area contributed by atoms with Gasteiger partial charge in [-0.25, -0.2) is 0 Å². The molecule has 19 heavy (non-hydrogen) atoms. The summed E-state index contributed by atoms with van der Waals surface area (Å²) >= 11 is 5.66. The molecule has 0 spiro atoms. The lowest BCUT2D eigenvalue weighted by molar-refractivity contribution is -0.384. The molecular weight excluding hydrogens is 272 g/mol. The van der Waals surface area contributed by atoms with Gasteiger partial charge in [-0.1, -0.05) is 0 Å². The van der Waals surface area contributed by atoms with Crippen LogP contribution in [0.2, 0.25) is 5.22 Å². The Hall–Kier alpha value is -2.21. The van der Waals surface area contributed by atoms with Crippen LogP contribution in [0.25, 0.3) is 0 Å². The number of hydrogen-bond donors (Lipinski definition) is 1. The molecule has 1 N–H and O–H groups in total. The number of non-ortho nitro benzene ring substituents is 1. The zero-order valence-electron chi connectivity index (χ0n) is 10.1. The zero-order valence-corrected chi connectivity index (χ0v) is 10.8. The van der Waals surface area contributed by atoms with Gasteiger partial charge in [0.1, 0.15) is 11.5 Å². The third-order valence-electron chi connectivity index (χ3n) is 2.48. The molecule has 0 bridgehead atoms. The minimum absolute atomic E-state index is 0.0132.